The summed E-state index contributed by atoms with van der Waals surface area (Å²) in [5.41, 5.74) is -0.654. The van der Waals surface area contributed by atoms with Crippen LogP contribution in [0.1, 0.15) is 29.6 Å². The summed E-state index contributed by atoms with van der Waals surface area (Å²) in [5.74, 6) is -2.35. The van der Waals surface area contributed by atoms with Gasteiger partial charge in [-0.25, -0.2) is 14.0 Å². The normalized spacial score (nSPS) is 14.4. The zero-order valence-electron chi connectivity index (χ0n) is 11.4. The van der Waals surface area contributed by atoms with E-state index >= 15 is 0 Å². The molecule has 1 aliphatic carbocycles. The van der Waals surface area contributed by atoms with E-state index < -0.39 is 23.4 Å². The molecule has 1 saturated carbocycles. The van der Waals surface area contributed by atoms with Crippen molar-refractivity contribution >= 4 is 17.7 Å². The Morgan fingerprint density at radius 1 is 1.38 bits per heavy atom. The minimum absolute atomic E-state index is 0.0407. The summed E-state index contributed by atoms with van der Waals surface area (Å²) in [6, 6.07) is 3.21. The zero-order chi connectivity index (χ0) is 15.4. The minimum Gasteiger partial charge on any atom is -0.478 e. The summed E-state index contributed by atoms with van der Waals surface area (Å²) >= 11 is 0. The van der Waals surface area contributed by atoms with Crippen LogP contribution in [0.15, 0.2) is 18.2 Å². The third-order valence-electron chi connectivity index (χ3n) is 3.59. The highest BCUT2D eigenvalue weighted by molar-refractivity contribution is 6.00. The summed E-state index contributed by atoms with van der Waals surface area (Å²) in [5, 5.41) is 20.5. The maximum atomic E-state index is 13.6. The third kappa shape index (κ3) is 3.30. The van der Waals surface area contributed by atoms with E-state index in [0.29, 0.717) is 0 Å². The first-order valence-electron chi connectivity index (χ1n) is 6.75. The predicted octanol–water partition coefficient (Wildman–Crippen LogP) is 1.90. The smallest absolute Gasteiger partial charge is 0.340 e. The molecule has 6 nitrogen and oxygen atoms in total. The summed E-state index contributed by atoms with van der Waals surface area (Å²) in [4.78, 5) is 24.7. The molecular formula is C14H17FN2O4. The molecule has 7 heteroatoms. The molecule has 0 aromatic heterocycles. The number of nitrogens with one attached hydrogen (secondary N) is 1. The molecule has 1 aliphatic rings. The van der Waals surface area contributed by atoms with E-state index in [-0.39, 0.29) is 24.9 Å². The molecule has 0 atom stereocenters. The number of carboxylic acid groups (broad SMARTS) is 1. The molecule has 0 saturated heterocycles. The maximum Gasteiger partial charge on any atom is 0.340 e. The fourth-order valence-corrected chi connectivity index (χ4v) is 2.29. The Morgan fingerprint density at radius 3 is 2.62 bits per heavy atom. The quantitative estimate of drug-likeness (QED) is 0.774. The van der Waals surface area contributed by atoms with Crippen molar-refractivity contribution in [3.8, 4) is 0 Å². The number of benzene rings is 1. The van der Waals surface area contributed by atoms with Crippen molar-refractivity contribution < 1.29 is 24.2 Å². The van der Waals surface area contributed by atoms with Crippen LogP contribution in [0.3, 0.4) is 0 Å². The van der Waals surface area contributed by atoms with Crippen LogP contribution < -0.4 is 5.32 Å². The Bertz CT molecular complexity index is 546. The van der Waals surface area contributed by atoms with Crippen LogP contribution in [0.4, 0.5) is 14.9 Å². The Balaban J connectivity index is 2.18. The highest BCUT2D eigenvalue weighted by Crippen LogP contribution is 2.26. The summed E-state index contributed by atoms with van der Waals surface area (Å²) in [7, 11) is 0. The summed E-state index contributed by atoms with van der Waals surface area (Å²) in [6.45, 7) is -0.0208. The van der Waals surface area contributed by atoms with Gasteiger partial charge in [-0.3, -0.25) is 0 Å². The van der Waals surface area contributed by atoms with Gasteiger partial charge in [0.05, 0.1) is 12.3 Å². The molecule has 0 aliphatic heterocycles. The number of nitrogens with zero attached hydrogens (tertiary/aromatic N) is 1. The first-order valence-corrected chi connectivity index (χ1v) is 6.75. The van der Waals surface area contributed by atoms with Gasteiger partial charge < -0.3 is 20.4 Å². The number of aliphatic hydroxyl groups excluding tert-OH is 1. The standard InChI is InChI=1S/C14H17FN2O4/c15-10-5-2-6-11(12(10)13(19)20)16-14(21)17(7-8-18)9-3-1-4-9/h2,5-6,9,18H,1,3-4,7-8H2,(H,16,21)(H,19,20). The van der Waals surface area contributed by atoms with Crippen LogP contribution in [0.5, 0.6) is 0 Å². The summed E-state index contributed by atoms with van der Waals surface area (Å²) < 4.78 is 13.6. The number of hydrogen-bond acceptors (Lipinski definition) is 3. The molecule has 1 aromatic rings. The zero-order valence-corrected chi connectivity index (χ0v) is 11.4. The summed E-state index contributed by atoms with van der Waals surface area (Å²) in [6.07, 6.45) is 2.71. The Hall–Kier alpha value is -2.15. The van der Waals surface area contributed by atoms with E-state index in [2.05, 4.69) is 5.32 Å². The molecule has 0 bridgehead atoms. The first kappa shape index (κ1) is 15.2. The molecule has 1 aromatic carbocycles. The van der Waals surface area contributed by atoms with Crippen LogP contribution in [-0.2, 0) is 0 Å². The van der Waals surface area contributed by atoms with E-state index in [1.54, 1.807) is 0 Å². The number of hydrogen-bond donors (Lipinski definition) is 3. The lowest BCUT2D eigenvalue weighted by atomic mass is 9.91. The lowest BCUT2D eigenvalue weighted by Gasteiger charge is -2.37. The number of aromatic carboxylic acids is 1. The monoisotopic (exact) mass is 296 g/mol. The molecule has 114 valence electrons. The van der Waals surface area contributed by atoms with Crippen LogP contribution in [0.2, 0.25) is 0 Å². The number of anilines is 1. The van der Waals surface area contributed by atoms with Gasteiger partial charge in [-0.2, -0.15) is 0 Å². The van der Waals surface area contributed by atoms with E-state index in [1.165, 1.54) is 17.0 Å². The highest BCUT2D eigenvalue weighted by Gasteiger charge is 2.29. The second-order valence-corrected chi connectivity index (χ2v) is 4.90. The second-order valence-electron chi connectivity index (χ2n) is 4.90. The Kier molecular flexibility index (Phi) is 4.74. The average molecular weight is 296 g/mol. The van der Waals surface area contributed by atoms with E-state index in [4.69, 9.17) is 10.2 Å². The van der Waals surface area contributed by atoms with Crippen LogP contribution >= 0.6 is 0 Å². The minimum atomic E-state index is -1.44. The van der Waals surface area contributed by atoms with Crippen LogP contribution in [-0.4, -0.2) is 46.3 Å². The third-order valence-corrected chi connectivity index (χ3v) is 3.59. The molecular weight excluding hydrogens is 279 g/mol. The number of urea groups is 1. The lowest BCUT2D eigenvalue weighted by Crippen LogP contribution is -2.47. The number of rotatable bonds is 5. The molecule has 3 N–H and O–H groups in total. The van der Waals surface area contributed by atoms with Gasteiger partial charge in [0, 0.05) is 12.6 Å². The van der Waals surface area contributed by atoms with Crippen molar-refractivity contribution in [2.75, 3.05) is 18.5 Å². The largest absolute Gasteiger partial charge is 0.478 e. The molecule has 2 rings (SSSR count). The van der Waals surface area contributed by atoms with E-state index in [9.17, 15) is 14.0 Å². The molecule has 0 spiro atoms. The average Bonchev–Trinajstić information content (AvgIpc) is 2.35. The topological polar surface area (TPSA) is 89.9 Å². The number of carbonyl (C=O) groups excluding carboxylic acids is 1. The Morgan fingerprint density at radius 2 is 2.10 bits per heavy atom. The van der Waals surface area contributed by atoms with Crippen molar-refractivity contribution in [1.29, 1.82) is 0 Å². The number of aliphatic hydroxyl groups is 1. The molecule has 21 heavy (non-hydrogen) atoms. The lowest BCUT2D eigenvalue weighted by molar-refractivity contribution is 0.0693. The van der Waals surface area contributed by atoms with Crippen molar-refractivity contribution in [3.05, 3.63) is 29.6 Å². The van der Waals surface area contributed by atoms with Gasteiger partial charge in [0.25, 0.3) is 0 Å². The van der Waals surface area contributed by atoms with Gasteiger partial charge in [-0.15, -0.1) is 0 Å². The van der Waals surface area contributed by atoms with E-state index in [0.717, 1.165) is 25.3 Å². The first-order chi connectivity index (χ1) is 10.0. The highest BCUT2D eigenvalue weighted by atomic mass is 19.1. The van der Waals surface area contributed by atoms with Crippen molar-refractivity contribution in [2.24, 2.45) is 0 Å². The van der Waals surface area contributed by atoms with Crippen LogP contribution in [0, 0.1) is 5.82 Å². The Labute approximate surface area is 121 Å². The number of carbonyl (C=O) groups is 2. The van der Waals surface area contributed by atoms with Gasteiger partial charge in [0.15, 0.2) is 0 Å². The fraction of sp³-hybridized carbons (Fsp3) is 0.429. The molecule has 2 amide bonds. The van der Waals surface area contributed by atoms with Crippen LogP contribution in [0.25, 0.3) is 0 Å². The van der Waals surface area contributed by atoms with Crippen molar-refractivity contribution in [2.45, 2.75) is 25.3 Å². The SMILES string of the molecule is O=C(O)c1c(F)cccc1NC(=O)N(CCO)C1CCC1. The predicted molar refractivity (Wildman–Crippen MR) is 73.8 cm³/mol. The van der Waals surface area contributed by atoms with Gasteiger partial charge in [0.1, 0.15) is 11.4 Å². The number of amides is 2. The number of carboxylic acids is 1. The van der Waals surface area contributed by atoms with Gasteiger partial charge in [-0.1, -0.05) is 6.07 Å². The number of halogens is 1. The van der Waals surface area contributed by atoms with E-state index in [1.807, 2.05) is 0 Å². The molecule has 1 fully saturated rings. The van der Waals surface area contributed by atoms with Crippen molar-refractivity contribution in [3.63, 3.8) is 0 Å². The molecule has 0 unspecified atom stereocenters. The second kappa shape index (κ2) is 6.53. The van der Waals surface area contributed by atoms with Gasteiger partial charge in [-0.05, 0) is 31.4 Å². The molecule has 0 heterocycles. The van der Waals surface area contributed by atoms with Gasteiger partial charge >= 0.3 is 12.0 Å². The fourth-order valence-electron chi connectivity index (χ4n) is 2.29. The maximum absolute atomic E-state index is 13.6. The van der Waals surface area contributed by atoms with Gasteiger partial charge in [0.2, 0.25) is 0 Å². The molecule has 0 radical (unpaired) electrons. The van der Waals surface area contributed by atoms with Crippen molar-refractivity contribution in [1.82, 2.24) is 4.90 Å².